The summed E-state index contributed by atoms with van der Waals surface area (Å²) < 4.78 is 26.6. The third kappa shape index (κ3) is 5.10. The first-order chi connectivity index (χ1) is 16.8. The van der Waals surface area contributed by atoms with Gasteiger partial charge in [0.15, 0.2) is 0 Å². The molecule has 3 aliphatic rings. The predicted octanol–water partition coefficient (Wildman–Crippen LogP) is 4.43. The average Bonchev–Trinajstić information content (AvgIpc) is 3.47. The Labute approximate surface area is 211 Å². The van der Waals surface area contributed by atoms with Crippen molar-refractivity contribution in [3.8, 4) is 0 Å². The largest absolute Gasteiger partial charge is 0.352 e. The van der Waals surface area contributed by atoms with Crippen molar-refractivity contribution in [3.63, 3.8) is 0 Å². The lowest BCUT2D eigenvalue weighted by molar-refractivity contribution is -0.126. The molecule has 2 fully saturated rings. The van der Waals surface area contributed by atoms with Gasteiger partial charge in [-0.1, -0.05) is 24.3 Å². The van der Waals surface area contributed by atoms with Crippen molar-refractivity contribution in [2.24, 2.45) is 10.9 Å². The monoisotopic (exact) mass is 509 g/mol. The molecule has 6 nitrogen and oxygen atoms in total. The molecule has 1 saturated heterocycles. The van der Waals surface area contributed by atoms with Crippen molar-refractivity contribution in [3.05, 3.63) is 71.3 Å². The Bertz CT molecular complexity index is 1290. The number of carbonyl (C=O) groups excluding carboxylic acids is 1. The number of carbonyl (C=O) groups is 1. The highest BCUT2D eigenvalue weighted by Crippen LogP contribution is 2.36. The first kappa shape index (κ1) is 24.3. The summed E-state index contributed by atoms with van der Waals surface area (Å²) in [4.78, 5) is 17.8. The van der Waals surface area contributed by atoms with Crippen molar-refractivity contribution >= 4 is 33.2 Å². The zero-order valence-corrected chi connectivity index (χ0v) is 21.7. The molecule has 1 aliphatic carbocycles. The molecule has 1 saturated carbocycles. The van der Waals surface area contributed by atoms with Gasteiger partial charge in [-0.2, -0.15) is 0 Å². The van der Waals surface area contributed by atoms with Crippen molar-refractivity contribution in [1.29, 1.82) is 0 Å². The Morgan fingerprint density at radius 1 is 1.11 bits per heavy atom. The minimum atomic E-state index is -3.66. The summed E-state index contributed by atoms with van der Waals surface area (Å²) in [6.45, 7) is 4.36. The molecule has 0 spiro atoms. The molecule has 0 radical (unpaired) electrons. The van der Waals surface area contributed by atoms with E-state index in [0.717, 1.165) is 47.6 Å². The Balaban J connectivity index is 1.23. The van der Waals surface area contributed by atoms with Gasteiger partial charge in [0.1, 0.15) is 0 Å². The topological polar surface area (TPSA) is 87.6 Å². The van der Waals surface area contributed by atoms with Gasteiger partial charge in [0.2, 0.25) is 15.7 Å². The standard InChI is InChI=1S/C27H31N3O3S2/c1-17-12-18(2)30-26(17)20-4-3-5-23(13-20)35(32,33)22-9-6-19(7-10-22)15-28-27(31)21-8-11-24-25(14-21)34-16-29-24/h3-7,9-10,12-13,21,24-26,29H,8,11,14-16H2,1-2H3,(H,28,31). The van der Waals surface area contributed by atoms with E-state index in [1.54, 1.807) is 42.5 Å². The lowest BCUT2D eigenvalue weighted by Crippen LogP contribution is -2.41. The molecule has 0 aromatic heterocycles. The van der Waals surface area contributed by atoms with Gasteiger partial charge in [-0.3, -0.25) is 9.79 Å². The van der Waals surface area contributed by atoms with Crippen molar-refractivity contribution in [2.45, 2.75) is 66.8 Å². The van der Waals surface area contributed by atoms with E-state index in [1.807, 2.05) is 37.8 Å². The average molecular weight is 510 g/mol. The van der Waals surface area contributed by atoms with Crippen LogP contribution in [0.25, 0.3) is 0 Å². The van der Waals surface area contributed by atoms with Gasteiger partial charge in [0.05, 0.1) is 15.8 Å². The molecule has 2 heterocycles. The van der Waals surface area contributed by atoms with Crippen LogP contribution >= 0.6 is 11.8 Å². The fourth-order valence-corrected chi connectivity index (χ4v) is 7.92. The Kier molecular flexibility index (Phi) is 6.88. The second kappa shape index (κ2) is 9.91. The molecule has 8 heteroatoms. The first-order valence-corrected chi connectivity index (χ1v) is 14.6. The van der Waals surface area contributed by atoms with Gasteiger partial charge < -0.3 is 10.6 Å². The Morgan fingerprint density at radius 3 is 2.66 bits per heavy atom. The molecule has 2 aromatic carbocycles. The molecule has 184 valence electrons. The fourth-order valence-electron chi connectivity index (χ4n) is 5.24. The van der Waals surface area contributed by atoms with Crippen molar-refractivity contribution in [2.75, 3.05) is 5.88 Å². The maximum Gasteiger partial charge on any atom is 0.223 e. The molecule has 4 unspecified atom stereocenters. The molecule has 2 N–H and O–H groups in total. The van der Waals surface area contributed by atoms with Crippen LogP contribution in [0.15, 0.2) is 75.0 Å². The van der Waals surface area contributed by atoms with Gasteiger partial charge >= 0.3 is 0 Å². The molecule has 35 heavy (non-hydrogen) atoms. The van der Waals surface area contributed by atoms with Crippen LogP contribution in [0.3, 0.4) is 0 Å². The number of fused-ring (bicyclic) bond motifs is 1. The second-order valence-corrected chi connectivity index (χ2v) is 12.8. The molecule has 0 bridgehead atoms. The van der Waals surface area contributed by atoms with Gasteiger partial charge in [0, 0.05) is 35.3 Å². The number of benzene rings is 2. The number of aliphatic imine (C=N–C) groups is 1. The maximum atomic E-state index is 13.3. The minimum Gasteiger partial charge on any atom is -0.352 e. The normalized spacial score (nSPS) is 26.1. The molecule has 1 amide bonds. The summed E-state index contributed by atoms with van der Waals surface area (Å²) in [5, 5.41) is 7.08. The molecule has 4 atom stereocenters. The number of nitrogens with zero attached hydrogens (tertiary/aromatic N) is 1. The molecule has 5 rings (SSSR count). The third-order valence-electron chi connectivity index (χ3n) is 7.19. The number of amides is 1. The van der Waals surface area contributed by atoms with Crippen molar-refractivity contribution in [1.82, 2.24) is 10.6 Å². The SMILES string of the molecule is CC1=CC(C)=NC1c1cccc(S(=O)(=O)c2ccc(CNC(=O)C3CCC4NCSC4C3)cc2)c1. The minimum absolute atomic E-state index is 0.0575. The summed E-state index contributed by atoms with van der Waals surface area (Å²) >= 11 is 1.91. The zero-order chi connectivity index (χ0) is 24.6. The zero-order valence-electron chi connectivity index (χ0n) is 20.0. The summed E-state index contributed by atoms with van der Waals surface area (Å²) in [5.74, 6) is 1.13. The predicted molar refractivity (Wildman–Crippen MR) is 140 cm³/mol. The number of allylic oxidation sites excluding steroid dienone is 1. The van der Waals surface area contributed by atoms with Gasteiger partial charge in [0.25, 0.3) is 0 Å². The number of sulfone groups is 1. The van der Waals surface area contributed by atoms with E-state index in [-0.39, 0.29) is 27.7 Å². The number of rotatable bonds is 6. The van der Waals surface area contributed by atoms with Crippen LogP contribution in [0.5, 0.6) is 0 Å². The lowest BCUT2D eigenvalue weighted by atomic mass is 9.85. The van der Waals surface area contributed by atoms with E-state index in [2.05, 4.69) is 15.6 Å². The maximum absolute atomic E-state index is 13.3. The quantitative estimate of drug-likeness (QED) is 0.602. The highest BCUT2D eigenvalue weighted by molar-refractivity contribution is 8.00. The molecular formula is C27H31N3O3S2. The van der Waals surface area contributed by atoms with E-state index in [0.29, 0.717) is 17.8 Å². The smallest absolute Gasteiger partial charge is 0.223 e. The second-order valence-electron chi connectivity index (χ2n) is 9.67. The third-order valence-corrected chi connectivity index (χ3v) is 10.2. The summed E-state index contributed by atoms with van der Waals surface area (Å²) in [7, 11) is -3.66. The number of hydrogen-bond donors (Lipinski definition) is 2. The fraction of sp³-hybridized carbons (Fsp3) is 0.407. The van der Waals surface area contributed by atoms with Crippen LogP contribution in [0.2, 0.25) is 0 Å². The van der Waals surface area contributed by atoms with Crippen LogP contribution in [0.4, 0.5) is 0 Å². The van der Waals surface area contributed by atoms with Crippen molar-refractivity contribution < 1.29 is 13.2 Å². The number of nitrogens with one attached hydrogen (secondary N) is 2. The number of hydrogen-bond acceptors (Lipinski definition) is 6. The highest BCUT2D eigenvalue weighted by Gasteiger charge is 2.36. The molecule has 2 aromatic rings. The summed E-state index contributed by atoms with van der Waals surface area (Å²) in [6.07, 6.45) is 4.91. The first-order valence-electron chi connectivity index (χ1n) is 12.1. The van der Waals surface area contributed by atoms with Crippen LogP contribution in [-0.2, 0) is 21.2 Å². The summed E-state index contributed by atoms with van der Waals surface area (Å²) in [5.41, 5.74) is 3.81. The van der Waals surface area contributed by atoms with Crippen LogP contribution in [-0.4, -0.2) is 37.2 Å². The number of thioether (sulfide) groups is 1. The van der Waals surface area contributed by atoms with E-state index in [4.69, 9.17) is 0 Å². The highest BCUT2D eigenvalue weighted by atomic mass is 32.2. The van der Waals surface area contributed by atoms with E-state index < -0.39 is 9.84 Å². The van der Waals surface area contributed by atoms with E-state index in [1.165, 1.54) is 0 Å². The van der Waals surface area contributed by atoms with Gasteiger partial charge in [-0.25, -0.2) is 8.42 Å². The van der Waals surface area contributed by atoms with E-state index >= 15 is 0 Å². The van der Waals surface area contributed by atoms with Gasteiger partial charge in [-0.05, 0) is 80.2 Å². The molecule has 2 aliphatic heterocycles. The van der Waals surface area contributed by atoms with Crippen LogP contribution < -0.4 is 10.6 Å². The summed E-state index contributed by atoms with van der Waals surface area (Å²) in [6, 6.07) is 14.3. The molecular weight excluding hydrogens is 478 g/mol. The Morgan fingerprint density at radius 2 is 1.91 bits per heavy atom. The van der Waals surface area contributed by atoms with E-state index in [9.17, 15) is 13.2 Å². The lowest BCUT2D eigenvalue weighted by Gasteiger charge is -2.30. The van der Waals surface area contributed by atoms with Crippen LogP contribution in [0.1, 0.15) is 50.3 Å². The van der Waals surface area contributed by atoms with Crippen LogP contribution in [0, 0.1) is 5.92 Å². The van der Waals surface area contributed by atoms with Gasteiger partial charge in [-0.15, -0.1) is 11.8 Å². The Hall–Kier alpha value is -2.42.